The van der Waals surface area contributed by atoms with Crippen molar-refractivity contribution in [2.75, 3.05) is 36.0 Å². The predicted octanol–water partition coefficient (Wildman–Crippen LogP) is 4.24. The molecule has 2 amide bonds. The Labute approximate surface area is 192 Å². The first-order chi connectivity index (χ1) is 16.0. The van der Waals surface area contributed by atoms with Crippen molar-refractivity contribution in [3.8, 4) is 0 Å². The molecule has 0 radical (unpaired) electrons. The van der Waals surface area contributed by atoms with Gasteiger partial charge in [-0.1, -0.05) is 48.5 Å². The third kappa shape index (κ3) is 3.89. The molecule has 1 fully saturated rings. The smallest absolute Gasteiger partial charge is 0.282 e. The third-order valence-corrected chi connectivity index (χ3v) is 6.15. The molecular formula is C27H24FN3O2. The lowest BCUT2D eigenvalue weighted by molar-refractivity contribution is -0.120. The summed E-state index contributed by atoms with van der Waals surface area (Å²) in [6.45, 7) is 4.75. The van der Waals surface area contributed by atoms with Gasteiger partial charge in [-0.3, -0.25) is 9.59 Å². The van der Waals surface area contributed by atoms with E-state index in [1.54, 1.807) is 6.07 Å². The average Bonchev–Trinajstić information content (AvgIpc) is 3.09. The number of benzene rings is 3. The SMILES string of the molecule is Cc1cccc(N2CCN(C3=C(c4ccccc4)C(=O)N(c4cccc(F)c4)C3=O)CC2)c1. The maximum absolute atomic E-state index is 13.9. The maximum atomic E-state index is 13.9. The second kappa shape index (κ2) is 8.54. The summed E-state index contributed by atoms with van der Waals surface area (Å²) in [5, 5.41) is 0. The lowest BCUT2D eigenvalue weighted by Crippen LogP contribution is -2.47. The first kappa shape index (κ1) is 20.9. The van der Waals surface area contributed by atoms with Crippen LogP contribution < -0.4 is 9.80 Å². The zero-order chi connectivity index (χ0) is 22.9. The van der Waals surface area contributed by atoms with Gasteiger partial charge in [0.25, 0.3) is 11.8 Å². The number of piperazine rings is 1. The van der Waals surface area contributed by atoms with Crippen molar-refractivity contribution in [2.24, 2.45) is 0 Å². The van der Waals surface area contributed by atoms with Gasteiger partial charge in [0.2, 0.25) is 0 Å². The van der Waals surface area contributed by atoms with Gasteiger partial charge in [0.15, 0.2) is 0 Å². The molecular weight excluding hydrogens is 417 g/mol. The molecule has 3 aromatic carbocycles. The van der Waals surface area contributed by atoms with E-state index in [-0.39, 0.29) is 5.69 Å². The molecule has 6 heteroatoms. The quantitative estimate of drug-likeness (QED) is 0.568. The lowest BCUT2D eigenvalue weighted by Gasteiger charge is -2.37. The fraction of sp³-hybridized carbons (Fsp3) is 0.185. The number of imide groups is 1. The summed E-state index contributed by atoms with van der Waals surface area (Å²) in [5.41, 5.74) is 4.04. The molecule has 2 heterocycles. The summed E-state index contributed by atoms with van der Waals surface area (Å²) >= 11 is 0. The van der Waals surface area contributed by atoms with E-state index in [1.165, 1.54) is 23.8 Å². The normalized spacial score (nSPS) is 16.7. The van der Waals surface area contributed by atoms with Crippen LogP contribution in [0.2, 0.25) is 0 Å². The number of amides is 2. The van der Waals surface area contributed by atoms with E-state index >= 15 is 0 Å². The van der Waals surface area contributed by atoms with E-state index in [1.807, 2.05) is 41.3 Å². The summed E-state index contributed by atoms with van der Waals surface area (Å²) in [6, 6.07) is 23.2. The van der Waals surface area contributed by atoms with Crippen LogP contribution in [0.15, 0.2) is 84.6 Å². The second-order valence-corrected chi connectivity index (χ2v) is 8.33. The predicted molar refractivity (Wildman–Crippen MR) is 127 cm³/mol. The minimum atomic E-state index is -0.491. The molecule has 166 valence electrons. The number of hydrogen-bond donors (Lipinski definition) is 0. The van der Waals surface area contributed by atoms with Gasteiger partial charge in [-0.25, -0.2) is 9.29 Å². The van der Waals surface area contributed by atoms with Gasteiger partial charge < -0.3 is 9.80 Å². The average molecular weight is 442 g/mol. The van der Waals surface area contributed by atoms with Crippen LogP contribution >= 0.6 is 0 Å². The number of carbonyl (C=O) groups is 2. The number of rotatable bonds is 4. The maximum Gasteiger partial charge on any atom is 0.282 e. The molecule has 0 N–H and O–H groups in total. The van der Waals surface area contributed by atoms with E-state index in [9.17, 15) is 14.0 Å². The van der Waals surface area contributed by atoms with Gasteiger partial charge in [0.1, 0.15) is 11.5 Å². The van der Waals surface area contributed by atoms with Gasteiger partial charge in [-0.15, -0.1) is 0 Å². The Hall–Kier alpha value is -3.93. The van der Waals surface area contributed by atoms with Crippen molar-refractivity contribution in [3.05, 3.63) is 102 Å². The second-order valence-electron chi connectivity index (χ2n) is 8.33. The Balaban J connectivity index is 1.48. The van der Waals surface area contributed by atoms with Crippen molar-refractivity contribution < 1.29 is 14.0 Å². The van der Waals surface area contributed by atoms with Gasteiger partial charge in [-0.2, -0.15) is 0 Å². The molecule has 33 heavy (non-hydrogen) atoms. The zero-order valence-electron chi connectivity index (χ0n) is 18.4. The Morgan fingerprint density at radius 3 is 2.06 bits per heavy atom. The van der Waals surface area contributed by atoms with Crippen LogP contribution in [0.5, 0.6) is 0 Å². The fourth-order valence-corrected chi connectivity index (χ4v) is 4.54. The number of hydrogen-bond acceptors (Lipinski definition) is 4. The monoisotopic (exact) mass is 441 g/mol. The first-order valence-corrected chi connectivity index (χ1v) is 11.0. The highest BCUT2D eigenvalue weighted by Gasteiger charge is 2.43. The van der Waals surface area contributed by atoms with Crippen LogP contribution in [0.3, 0.4) is 0 Å². The van der Waals surface area contributed by atoms with Crippen molar-refractivity contribution >= 4 is 28.8 Å². The Bertz CT molecular complexity index is 1250. The summed E-state index contributed by atoms with van der Waals surface area (Å²) in [4.78, 5) is 32.4. The molecule has 2 aliphatic rings. The van der Waals surface area contributed by atoms with Crippen molar-refractivity contribution in [1.82, 2.24) is 4.90 Å². The summed E-state index contributed by atoms with van der Waals surface area (Å²) in [5.74, 6) is -1.32. The van der Waals surface area contributed by atoms with Crippen molar-refractivity contribution in [3.63, 3.8) is 0 Å². The Kier molecular flexibility index (Phi) is 5.42. The molecule has 0 saturated carbocycles. The molecule has 5 rings (SSSR count). The van der Waals surface area contributed by atoms with Crippen LogP contribution in [-0.2, 0) is 9.59 Å². The first-order valence-electron chi connectivity index (χ1n) is 11.0. The van der Waals surface area contributed by atoms with Crippen LogP contribution in [0.1, 0.15) is 11.1 Å². The number of halogens is 1. The largest absolute Gasteiger partial charge is 0.368 e. The van der Waals surface area contributed by atoms with Gasteiger partial charge >= 0.3 is 0 Å². The molecule has 0 atom stereocenters. The van der Waals surface area contributed by atoms with Crippen molar-refractivity contribution in [2.45, 2.75) is 6.92 Å². The standard InChI is InChI=1S/C27H24FN3O2/c1-19-7-5-11-22(17-19)29-13-15-30(16-14-29)25-24(20-8-3-2-4-9-20)26(32)31(27(25)33)23-12-6-10-21(28)18-23/h2-12,17-18H,13-16H2,1H3. The summed E-state index contributed by atoms with van der Waals surface area (Å²) in [7, 11) is 0. The number of aryl methyl sites for hydroxylation is 1. The molecule has 0 aromatic heterocycles. The van der Waals surface area contributed by atoms with E-state index < -0.39 is 17.6 Å². The number of anilines is 2. The van der Waals surface area contributed by atoms with E-state index in [0.29, 0.717) is 29.9 Å². The Morgan fingerprint density at radius 1 is 0.697 bits per heavy atom. The minimum Gasteiger partial charge on any atom is -0.368 e. The van der Waals surface area contributed by atoms with Crippen LogP contribution in [0.4, 0.5) is 15.8 Å². The minimum absolute atomic E-state index is 0.242. The highest BCUT2D eigenvalue weighted by Crippen LogP contribution is 2.35. The zero-order valence-corrected chi connectivity index (χ0v) is 18.4. The highest BCUT2D eigenvalue weighted by molar-refractivity contribution is 6.45. The molecule has 3 aromatic rings. The lowest BCUT2D eigenvalue weighted by atomic mass is 10.0. The number of carbonyl (C=O) groups excluding carboxylic acids is 2. The molecule has 0 unspecified atom stereocenters. The topological polar surface area (TPSA) is 43.9 Å². The van der Waals surface area contributed by atoms with Crippen LogP contribution in [0.25, 0.3) is 5.57 Å². The van der Waals surface area contributed by atoms with E-state index in [2.05, 4.69) is 30.0 Å². The van der Waals surface area contributed by atoms with Crippen LogP contribution in [0, 0.1) is 12.7 Å². The molecule has 0 aliphatic carbocycles. The summed E-state index contributed by atoms with van der Waals surface area (Å²) < 4.78 is 13.9. The molecule has 0 bridgehead atoms. The number of nitrogens with zero attached hydrogens (tertiary/aromatic N) is 3. The highest BCUT2D eigenvalue weighted by atomic mass is 19.1. The Morgan fingerprint density at radius 2 is 1.36 bits per heavy atom. The van der Waals surface area contributed by atoms with E-state index in [4.69, 9.17) is 0 Å². The van der Waals surface area contributed by atoms with Gasteiger partial charge in [0, 0.05) is 31.9 Å². The molecule has 1 saturated heterocycles. The van der Waals surface area contributed by atoms with Crippen molar-refractivity contribution in [1.29, 1.82) is 0 Å². The van der Waals surface area contributed by atoms with Crippen LogP contribution in [-0.4, -0.2) is 42.9 Å². The molecule has 2 aliphatic heterocycles. The van der Waals surface area contributed by atoms with E-state index in [0.717, 1.165) is 23.7 Å². The fourth-order valence-electron chi connectivity index (χ4n) is 4.54. The molecule has 0 spiro atoms. The molecule has 5 nitrogen and oxygen atoms in total. The third-order valence-electron chi connectivity index (χ3n) is 6.15. The van der Waals surface area contributed by atoms with Gasteiger partial charge in [0.05, 0.1) is 11.3 Å². The summed E-state index contributed by atoms with van der Waals surface area (Å²) in [6.07, 6.45) is 0. The van der Waals surface area contributed by atoms with Gasteiger partial charge in [-0.05, 0) is 48.4 Å².